The summed E-state index contributed by atoms with van der Waals surface area (Å²) < 4.78 is 0. The Bertz CT molecular complexity index is 413. The van der Waals surface area contributed by atoms with E-state index >= 15 is 0 Å². The maximum atomic E-state index is 12.9. The Kier molecular flexibility index (Phi) is 3.51. The monoisotopic (exact) mass is 278 g/mol. The molecule has 3 fully saturated rings. The smallest absolute Gasteiger partial charge is 0.246 e. The third-order valence-corrected chi connectivity index (χ3v) is 5.44. The van der Waals surface area contributed by atoms with Gasteiger partial charge >= 0.3 is 0 Å². The molecule has 0 bridgehead atoms. The number of carbonyl (C=O) groups excluding carboxylic acids is 2. The molecule has 3 aliphatic rings. The predicted octanol–water partition coefficient (Wildman–Crippen LogP) is 2.22. The molecule has 2 amide bonds. The molecule has 1 aliphatic heterocycles. The topological polar surface area (TPSA) is 49.4 Å². The second-order valence-electron chi connectivity index (χ2n) is 6.88. The lowest BCUT2D eigenvalue weighted by molar-refractivity contribution is -0.161. The summed E-state index contributed by atoms with van der Waals surface area (Å²) in [5, 5.41) is 3.00. The normalized spacial score (nSPS) is 35.5. The van der Waals surface area contributed by atoms with E-state index in [0.29, 0.717) is 12.0 Å². The highest BCUT2D eigenvalue weighted by molar-refractivity contribution is 6.00. The van der Waals surface area contributed by atoms with Gasteiger partial charge in [-0.1, -0.05) is 26.2 Å². The molecule has 0 radical (unpaired) electrons. The van der Waals surface area contributed by atoms with E-state index < -0.39 is 5.54 Å². The molecule has 112 valence electrons. The SMILES string of the molecule is CCCC1NC(=O)C(C)(C2CC2)N(C2CCCC2)C1=O. The van der Waals surface area contributed by atoms with E-state index in [4.69, 9.17) is 0 Å². The van der Waals surface area contributed by atoms with Gasteiger partial charge in [-0.2, -0.15) is 0 Å². The number of nitrogens with one attached hydrogen (secondary N) is 1. The van der Waals surface area contributed by atoms with E-state index in [0.717, 1.165) is 38.5 Å². The Labute approximate surface area is 121 Å². The molecule has 1 saturated heterocycles. The molecule has 1 N–H and O–H groups in total. The van der Waals surface area contributed by atoms with Gasteiger partial charge in [-0.25, -0.2) is 0 Å². The number of piperazine rings is 1. The second kappa shape index (κ2) is 5.05. The van der Waals surface area contributed by atoms with Crippen molar-refractivity contribution in [2.45, 2.75) is 82.8 Å². The van der Waals surface area contributed by atoms with Gasteiger partial charge in [0.2, 0.25) is 11.8 Å². The first-order valence-corrected chi connectivity index (χ1v) is 8.23. The van der Waals surface area contributed by atoms with Crippen LogP contribution in [0.5, 0.6) is 0 Å². The first-order valence-electron chi connectivity index (χ1n) is 8.23. The third kappa shape index (κ3) is 2.04. The maximum absolute atomic E-state index is 12.9. The van der Waals surface area contributed by atoms with Crippen LogP contribution in [-0.2, 0) is 9.59 Å². The van der Waals surface area contributed by atoms with Gasteiger partial charge in [-0.3, -0.25) is 9.59 Å². The molecule has 2 atom stereocenters. The minimum atomic E-state index is -0.587. The molecule has 2 saturated carbocycles. The molecule has 2 unspecified atom stereocenters. The van der Waals surface area contributed by atoms with Crippen LogP contribution in [0.1, 0.15) is 65.2 Å². The van der Waals surface area contributed by atoms with E-state index in [9.17, 15) is 9.59 Å². The zero-order valence-corrected chi connectivity index (χ0v) is 12.7. The number of nitrogens with zero attached hydrogens (tertiary/aromatic N) is 1. The molecule has 20 heavy (non-hydrogen) atoms. The van der Waals surface area contributed by atoms with Crippen LogP contribution in [0.4, 0.5) is 0 Å². The van der Waals surface area contributed by atoms with Crippen LogP contribution in [0.15, 0.2) is 0 Å². The van der Waals surface area contributed by atoms with E-state index in [1.165, 1.54) is 12.8 Å². The average Bonchev–Trinajstić information content (AvgIpc) is 3.15. The van der Waals surface area contributed by atoms with Crippen LogP contribution in [0.3, 0.4) is 0 Å². The highest BCUT2D eigenvalue weighted by atomic mass is 16.2. The van der Waals surface area contributed by atoms with E-state index in [2.05, 4.69) is 12.2 Å². The molecular weight excluding hydrogens is 252 g/mol. The van der Waals surface area contributed by atoms with Gasteiger partial charge in [0.1, 0.15) is 11.6 Å². The molecule has 0 aromatic heterocycles. The van der Waals surface area contributed by atoms with Crippen LogP contribution < -0.4 is 5.32 Å². The summed E-state index contributed by atoms with van der Waals surface area (Å²) in [5.74, 6) is 0.632. The highest BCUT2D eigenvalue weighted by Gasteiger charge is 2.58. The van der Waals surface area contributed by atoms with E-state index in [1.54, 1.807) is 0 Å². The Balaban J connectivity index is 1.92. The number of rotatable bonds is 4. The van der Waals surface area contributed by atoms with Crippen molar-refractivity contribution < 1.29 is 9.59 Å². The van der Waals surface area contributed by atoms with Crippen LogP contribution in [0.2, 0.25) is 0 Å². The van der Waals surface area contributed by atoms with Gasteiger partial charge in [-0.15, -0.1) is 0 Å². The quantitative estimate of drug-likeness (QED) is 0.857. The molecule has 0 aromatic rings. The third-order valence-electron chi connectivity index (χ3n) is 5.44. The van der Waals surface area contributed by atoms with Crippen molar-refractivity contribution in [3.63, 3.8) is 0 Å². The van der Waals surface area contributed by atoms with Gasteiger partial charge in [-0.05, 0) is 44.9 Å². The zero-order chi connectivity index (χ0) is 14.3. The lowest BCUT2D eigenvalue weighted by Gasteiger charge is -2.49. The lowest BCUT2D eigenvalue weighted by atomic mass is 9.85. The van der Waals surface area contributed by atoms with Crippen LogP contribution >= 0.6 is 0 Å². The van der Waals surface area contributed by atoms with Crippen molar-refractivity contribution in [1.82, 2.24) is 10.2 Å². The molecule has 2 aliphatic carbocycles. The molecule has 0 aromatic carbocycles. The van der Waals surface area contributed by atoms with Gasteiger partial charge in [0, 0.05) is 6.04 Å². The van der Waals surface area contributed by atoms with Crippen LogP contribution in [0, 0.1) is 5.92 Å². The maximum Gasteiger partial charge on any atom is 0.246 e. The molecular formula is C16H26N2O2. The number of carbonyl (C=O) groups is 2. The fourth-order valence-electron chi connectivity index (χ4n) is 4.11. The Morgan fingerprint density at radius 2 is 1.85 bits per heavy atom. The summed E-state index contributed by atoms with van der Waals surface area (Å²) in [5.41, 5.74) is -0.587. The van der Waals surface area contributed by atoms with Gasteiger partial charge in [0.05, 0.1) is 0 Å². The standard InChI is InChI=1S/C16H26N2O2/c1-3-6-13-14(19)18(12-7-4-5-8-12)16(2,11-9-10-11)15(20)17-13/h11-13H,3-10H2,1-2H3,(H,17,20). The summed E-state index contributed by atoms with van der Waals surface area (Å²) in [6, 6.07) is -0.00145. The van der Waals surface area contributed by atoms with Crippen molar-refractivity contribution in [1.29, 1.82) is 0 Å². The molecule has 4 heteroatoms. The summed E-state index contributed by atoms with van der Waals surface area (Å²) in [6.07, 6.45) is 8.37. The van der Waals surface area contributed by atoms with Crippen molar-refractivity contribution in [2.75, 3.05) is 0 Å². The molecule has 1 heterocycles. The van der Waals surface area contributed by atoms with E-state index in [-0.39, 0.29) is 17.9 Å². The van der Waals surface area contributed by atoms with Gasteiger partial charge in [0.25, 0.3) is 0 Å². The first-order chi connectivity index (χ1) is 9.59. The molecule has 3 rings (SSSR count). The van der Waals surface area contributed by atoms with E-state index in [1.807, 2.05) is 11.8 Å². The molecule has 4 nitrogen and oxygen atoms in total. The van der Waals surface area contributed by atoms with Gasteiger partial charge < -0.3 is 10.2 Å². The zero-order valence-electron chi connectivity index (χ0n) is 12.7. The van der Waals surface area contributed by atoms with Crippen molar-refractivity contribution >= 4 is 11.8 Å². The van der Waals surface area contributed by atoms with Crippen molar-refractivity contribution in [3.05, 3.63) is 0 Å². The number of hydrogen-bond donors (Lipinski definition) is 1. The van der Waals surface area contributed by atoms with Gasteiger partial charge in [0.15, 0.2) is 0 Å². The van der Waals surface area contributed by atoms with Crippen LogP contribution in [-0.4, -0.2) is 34.3 Å². The number of amides is 2. The Hall–Kier alpha value is -1.06. The fourth-order valence-corrected chi connectivity index (χ4v) is 4.11. The Morgan fingerprint density at radius 3 is 2.40 bits per heavy atom. The summed E-state index contributed by atoms with van der Waals surface area (Å²) in [4.78, 5) is 27.6. The lowest BCUT2D eigenvalue weighted by Crippen LogP contribution is -2.72. The molecule has 0 spiro atoms. The number of hydrogen-bond acceptors (Lipinski definition) is 2. The average molecular weight is 278 g/mol. The first kappa shape index (κ1) is 13.9. The minimum absolute atomic E-state index is 0.0879. The summed E-state index contributed by atoms with van der Waals surface area (Å²) in [6.45, 7) is 4.06. The van der Waals surface area contributed by atoms with Crippen molar-refractivity contribution in [3.8, 4) is 0 Å². The van der Waals surface area contributed by atoms with Crippen molar-refractivity contribution in [2.24, 2.45) is 5.92 Å². The second-order valence-corrected chi connectivity index (χ2v) is 6.88. The predicted molar refractivity (Wildman–Crippen MR) is 77.1 cm³/mol. The van der Waals surface area contributed by atoms with Crippen LogP contribution in [0.25, 0.3) is 0 Å². The largest absolute Gasteiger partial charge is 0.342 e. The summed E-state index contributed by atoms with van der Waals surface area (Å²) >= 11 is 0. The minimum Gasteiger partial charge on any atom is -0.342 e. The highest BCUT2D eigenvalue weighted by Crippen LogP contribution is 2.47. The fraction of sp³-hybridized carbons (Fsp3) is 0.875. The Morgan fingerprint density at radius 1 is 1.20 bits per heavy atom. The summed E-state index contributed by atoms with van der Waals surface area (Å²) in [7, 11) is 0.